The Kier molecular flexibility index (Phi) is 6.42. The summed E-state index contributed by atoms with van der Waals surface area (Å²) in [6, 6.07) is 3.42. The summed E-state index contributed by atoms with van der Waals surface area (Å²) in [5.41, 5.74) is 0.257. The first-order chi connectivity index (χ1) is 9.56. The molecule has 1 rings (SSSR count). The molecule has 1 aromatic rings. The lowest BCUT2D eigenvalue weighted by molar-refractivity contribution is -0.121. The van der Waals surface area contributed by atoms with Crippen LogP contribution in [0.2, 0.25) is 0 Å². The van der Waals surface area contributed by atoms with E-state index in [1.165, 1.54) is 7.05 Å². The van der Waals surface area contributed by atoms with Crippen LogP contribution in [0, 0.1) is 0 Å². The number of anilines is 1. The molecular weight excluding hydrogens is 258 g/mol. The summed E-state index contributed by atoms with van der Waals surface area (Å²) in [7, 11) is 1.53. The number of aromatic nitrogens is 2. The first-order valence-electron chi connectivity index (χ1n) is 6.65. The lowest BCUT2D eigenvalue weighted by Gasteiger charge is -2.11. The van der Waals surface area contributed by atoms with E-state index in [1.807, 2.05) is 13.8 Å². The smallest absolute Gasteiger partial charge is 0.271 e. The molecule has 1 heterocycles. The number of hydrogen-bond acceptors (Lipinski definition) is 5. The molecule has 0 aliphatic carbocycles. The Bertz CT molecular complexity index is 447. The largest absolute Gasteiger partial charge is 0.368 e. The summed E-state index contributed by atoms with van der Waals surface area (Å²) in [4.78, 5) is 22.8. The van der Waals surface area contributed by atoms with Gasteiger partial charge in [0.25, 0.3) is 5.91 Å². The third kappa shape index (κ3) is 5.21. The lowest BCUT2D eigenvalue weighted by Crippen LogP contribution is -2.33. The quantitative estimate of drug-likeness (QED) is 0.677. The van der Waals surface area contributed by atoms with E-state index in [-0.39, 0.29) is 23.6 Å². The zero-order chi connectivity index (χ0) is 15.0. The minimum atomic E-state index is -0.281. The van der Waals surface area contributed by atoms with Gasteiger partial charge < -0.3 is 16.0 Å². The van der Waals surface area contributed by atoms with E-state index in [0.29, 0.717) is 18.8 Å². The summed E-state index contributed by atoms with van der Waals surface area (Å²) in [6.45, 7) is 4.46. The molecule has 0 aliphatic heterocycles. The molecule has 0 radical (unpaired) electrons. The highest BCUT2D eigenvalue weighted by Gasteiger charge is 2.07. The maximum absolute atomic E-state index is 11.5. The average Bonchev–Trinajstić information content (AvgIpc) is 2.47. The molecular formula is C13H21N5O2. The summed E-state index contributed by atoms with van der Waals surface area (Å²) in [6.07, 6.45) is 1.27. The van der Waals surface area contributed by atoms with Crippen molar-refractivity contribution in [3.8, 4) is 0 Å². The summed E-state index contributed by atoms with van der Waals surface area (Å²) >= 11 is 0. The Morgan fingerprint density at radius 3 is 2.60 bits per heavy atom. The number of carbonyl (C=O) groups is 2. The van der Waals surface area contributed by atoms with Crippen molar-refractivity contribution < 1.29 is 9.59 Å². The van der Waals surface area contributed by atoms with Gasteiger partial charge in [-0.05, 0) is 25.5 Å². The zero-order valence-electron chi connectivity index (χ0n) is 12.1. The Labute approximate surface area is 118 Å². The molecule has 3 N–H and O–H groups in total. The van der Waals surface area contributed by atoms with Crippen molar-refractivity contribution in [1.29, 1.82) is 0 Å². The van der Waals surface area contributed by atoms with Crippen LogP contribution in [0.4, 0.5) is 5.82 Å². The van der Waals surface area contributed by atoms with Crippen LogP contribution in [-0.2, 0) is 4.79 Å². The fraction of sp³-hybridized carbons (Fsp3) is 0.538. The van der Waals surface area contributed by atoms with Crippen LogP contribution >= 0.6 is 0 Å². The predicted octanol–water partition coefficient (Wildman–Crippen LogP) is 0.553. The molecule has 0 fully saturated rings. The van der Waals surface area contributed by atoms with Gasteiger partial charge in [0.1, 0.15) is 5.82 Å². The standard InChI is InChI=1S/C13H21N5O2/c1-4-9(2)16-12(19)7-8-15-11-6-5-10(17-18-11)13(20)14-3/h5-6,9H,4,7-8H2,1-3H3,(H,14,20)(H,15,18)(H,16,19). The van der Waals surface area contributed by atoms with Crippen molar-refractivity contribution in [3.05, 3.63) is 17.8 Å². The van der Waals surface area contributed by atoms with Crippen molar-refractivity contribution >= 4 is 17.6 Å². The summed E-state index contributed by atoms with van der Waals surface area (Å²) < 4.78 is 0. The Hall–Kier alpha value is -2.18. The minimum Gasteiger partial charge on any atom is -0.368 e. The van der Waals surface area contributed by atoms with Gasteiger partial charge in [0.2, 0.25) is 5.91 Å². The van der Waals surface area contributed by atoms with Gasteiger partial charge in [-0.2, -0.15) is 0 Å². The molecule has 1 unspecified atom stereocenters. The average molecular weight is 279 g/mol. The van der Waals surface area contributed by atoms with Crippen molar-refractivity contribution in [2.24, 2.45) is 0 Å². The van der Waals surface area contributed by atoms with Crippen LogP contribution in [0.5, 0.6) is 0 Å². The molecule has 7 heteroatoms. The van der Waals surface area contributed by atoms with Crippen LogP contribution in [0.1, 0.15) is 37.2 Å². The number of carbonyl (C=O) groups excluding carboxylic acids is 2. The molecule has 0 bridgehead atoms. The van der Waals surface area contributed by atoms with Gasteiger partial charge in [0.05, 0.1) is 0 Å². The molecule has 2 amide bonds. The number of rotatable bonds is 7. The Morgan fingerprint density at radius 2 is 2.05 bits per heavy atom. The van der Waals surface area contributed by atoms with Crippen LogP contribution in [-0.4, -0.2) is 41.6 Å². The monoisotopic (exact) mass is 279 g/mol. The first kappa shape index (κ1) is 15.9. The van der Waals surface area contributed by atoms with E-state index in [1.54, 1.807) is 12.1 Å². The van der Waals surface area contributed by atoms with E-state index in [2.05, 4.69) is 26.1 Å². The van der Waals surface area contributed by atoms with Gasteiger partial charge in [0, 0.05) is 26.1 Å². The van der Waals surface area contributed by atoms with Crippen molar-refractivity contribution in [3.63, 3.8) is 0 Å². The fourth-order valence-electron chi connectivity index (χ4n) is 1.43. The number of amides is 2. The van der Waals surface area contributed by atoms with Crippen LogP contribution < -0.4 is 16.0 Å². The fourth-order valence-corrected chi connectivity index (χ4v) is 1.43. The highest BCUT2D eigenvalue weighted by molar-refractivity contribution is 5.91. The van der Waals surface area contributed by atoms with Gasteiger partial charge in [-0.15, -0.1) is 10.2 Å². The Balaban J connectivity index is 2.35. The molecule has 20 heavy (non-hydrogen) atoms. The second-order valence-corrected chi connectivity index (χ2v) is 4.44. The molecule has 0 spiro atoms. The summed E-state index contributed by atoms with van der Waals surface area (Å²) in [5.74, 6) is 0.257. The van der Waals surface area contributed by atoms with Gasteiger partial charge in [-0.25, -0.2) is 0 Å². The van der Waals surface area contributed by atoms with Crippen molar-refractivity contribution in [1.82, 2.24) is 20.8 Å². The van der Waals surface area contributed by atoms with Gasteiger partial charge in [-0.3, -0.25) is 9.59 Å². The SMILES string of the molecule is CCC(C)NC(=O)CCNc1ccc(C(=O)NC)nn1. The van der Waals surface area contributed by atoms with Crippen LogP contribution in [0.25, 0.3) is 0 Å². The predicted molar refractivity (Wildman–Crippen MR) is 76.4 cm³/mol. The van der Waals surface area contributed by atoms with Gasteiger partial charge >= 0.3 is 0 Å². The van der Waals surface area contributed by atoms with E-state index in [0.717, 1.165) is 6.42 Å². The third-order valence-corrected chi connectivity index (χ3v) is 2.80. The highest BCUT2D eigenvalue weighted by Crippen LogP contribution is 2.02. The normalized spacial score (nSPS) is 11.6. The highest BCUT2D eigenvalue weighted by atomic mass is 16.2. The van der Waals surface area contributed by atoms with E-state index >= 15 is 0 Å². The number of hydrogen-bond donors (Lipinski definition) is 3. The van der Waals surface area contributed by atoms with Crippen molar-refractivity contribution in [2.75, 3.05) is 18.9 Å². The molecule has 110 valence electrons. The number of nitrogens with zero attached hydrogens (tertiary/aromatic N) is 2. The Morgan fingerprint density at radius 1 is 1.30 bits per heavy atom. The third-order valence-electron chi connectivity index (χ3n) is 2.80. The zero-order valence-corrected chi connectivity index (χ0v) is 12.1. The van der Waals surface area contributed by atoms with Crippen molar-refractivity contribution in [2.45, 2.75) is 32.7 Å². The molecule has 1 atom stereocenters. The second kappa shape index (κ2) is 8.08. The maximum Gasteiger partial charge on any atom is 0.271 e. The molecule has 0 saturated carbocycles. The van der Waals surface area contributed by atoms with E-state index < -0.39 is 0 Å². The molecule has 0 aromatic carbocycles. The second-order valence-electron chi connectivity index (χ2n) is 4.44. The number of nitrogens with one attached hydrogen (secondary N) is 3. The van der Waals surface area contributed by atoms with Gasteiger partial charge in [-0.1, -0.05) is 6.92 Å². The summed E-state index contributed by atoms with van der Waals surface area (Å²) in [5, 5.41) is 16.0. The van der Waals surface area contributed by atoms with Crippen LogP contribution in [0.3, 0.4) is 0 Å². The van der Waals surface area contributed by atoms with Crippen LogP contribution in [0.15, 0.2) is 12.1 Å². The van der Waals surface area contributed by atoms with Gasteiger partial charge in [0.15, 0.2) is 5.69 Å². The maximum atomic E-state index is 11.5. The minimum absolute atomic E-state index is 0.00166. The lowest BCUT2D eigenvalue weighted by atomic mass is 10.2. The van der Waals surface area contributed by atoms with E-state index in [4.69, 9.17) is 0 Å². The molecule has 0 saturated heterocycles. The topological polar surface area (TPSA) is 96.0 Å². The first-order valence-corrected chi connectivity index (χ1v) is 6.65. The molecule has 1 aromatic heterocycles. The van der Waals surface area contributed by atoms with E-state index in [9.17, 15) is 9.59 Å². The molecule has 0 aliphatic rings. The molecule has 7 nitrogen and oxygen atoms in total.